The summed E-state index contributed by atoms with van der Waals surface area (Å²) in [7, 11) is 0. The molecular weight excluding hydrogens is 402 g/mol. The van der Waals surface area contributed by atoms with E-state index in [9.17, 15) is 4.79 Å². The number of hydrogen-bond acceptors (Lipinski definition) is 5. The summed E-state index contributed by atoms with van der Waals surface area (Å²) in [6.45, 7) is 12.2. The van der Waals surface area contributed by atoms with Gasteiger partial charge in [0.05, 0.1) is 11.4 Å². The molecule has 0 aliphatic heterocycles. The summed E-state index contributed by atoms with van der Waals surface area (Å²) in [5.41, 5.74) is 5.47. The van der Waals surface area contributed by atoms with Crippen molar-refractivity contribution in [2.75, 3.05) is 5.32 Å². The lowest BCUT2D eigenvalue weighted by Crippen LogP contribution is -2.17. The van der Waals surface area contributed by atoms with Crippen LogP contribution in [0.2, 0.25) is 0 Å². The number of aromatic nitrogens is 6. The zero-order valence-electron chi connectivity index (χ0n) is 19.5. The lowest BCUT2D eigenvalue weighted by atomic mass is 9.92. The molecule has 1 N–H and O–H groups in total. The van der Waals surface area contributed by atoms with Crippen LogP contribution in [0.1, 0.15) is 55.5 Å². The second-order valence-electron chi connectivity index (χ2n) is 9.13. The van der Waals surface area contributed by atoms with E-state index in [1.807, 2.05) is 55.6 Å². The Morgan fingerprint density at radius 1 is 1.09 bits per heavy atom. The first-order valence-corrected chi connectivity index (χ1v) is 10.8. The van der Waals surface area contributed by atoms with Crippen LogP contribution in [0.5, 0.6) is 0 Å². The van der Waals surface area contributed by atoms with Crippen LogP contribution in [-0.4, -0.2) is 35.3 Å². The molecule has 1 amide bonds. The lowest BCUT2D eigenvalue weighted by Gasteiger charge is -2.13. The molecular formula is C24H29N7O. The first kappa shape index (κ1) is 21.7. The van der Waals surface area contributed by atoms with Crippen molar-refractivity contribution in [1.82, 2.24) is 29.4 Å². The van der Waals surface area contributed by atoms with E-state index in [0.29, 0.717) is 24.5 Å². The second-order valence-corrected chi connectivity index (χ2v) is 9.13. The van der Waals surface area contributed by atoms with Crippen LogP contribution in [-0.2, 0) is 16.6 Å². The van der Waals surface area contributed by atoms with Gasteiger partial charge >= 0.3 is 0 Å². The smallest absolute Gasteiger partial charge is 0.225 e. The van der Waals surface area contributed by atoms with Gasteiger partial charge in [0.15, 0.2) is 11.5 Å². The average Bonchev–Trinajstić information content (AvgIpc) is 3.31. The van der Waals surface area contributed by atoms with E-state index < -0.39 is 0 Å². The van der Waals surface area contributed by atoms with E-state index in [0.717, 1.165) is 34.0 Å². The second kappa shape index (κ2) is 8.18. The standard InChI is InChI=1S/C24H29N7O/c1-15-13-21-26-16(2)18(17(3)30(21)28-15)10-11-23(32)27-22-14-19(24(4,5)6)29-31(22)20-9-7-8-12-25-20/h7-9,12-14H,10-11H2,1-6H3,(H,27,32). The van der Waals surface area contributed by atoms with Crippen LogP contribution in [0.15, 0.2) is 36.5 Å². The van der Waals surface area contributed by atoms with Gasteiger partial charge in [0, 0.05) is 41.6 Å². The highest BCUT2D eigenvalue weighted by atomic mass is 16.1. The van der Waals surface area contributed by atoms with Crippen LogP contribution < -0.4 is 5.32 Å². The molecule has 0 radical (unpaired) electrons. The van der Waals surface area contributed by atoms with Gasteiger partial charge in [0.1, 0.15) is 5.82 Å². The van der Waals surface area contributed by atoms with Crippen LogP contribution in [0, 0.1) is 20.8 Å². The number of hydrogen-bond donors (Lipinski definition) is 1. The number of nitrogens with one attached hydrogen (secondary N) is 1. The quantitative estimate of drug-likeness (QED) is 0.514. The monoisotopic (exact) mass is 431 g/mol. The summed E-state index contributed by atoms with van der Waals surface area (Å²) in [6, 6.07) is 9.50. The highest BCUT2D eigenvalue weighted by Gasteiger charge is 2.22. The Kier molecular flexibility index (Phi) is 5.54. The van der Waals surface area contributed by atoms with Crippen molar-refractivity contribution in [1.29, 1.82) is 0 Å². The maximum atomic E-state index is 12.9. The van der Waals surface area contributed by atoms with E-state index in [1.54, 1.807) is 10.9 Å². The molecule has 0 fully saturated rings. The van der Waals surface area contributed by atoms with Crippen LogP contribution in [0.4, 0.5) is 5.82 Å². The number of amides is 1. The van der Waals surface area contributed by atoms with Gasteiger partial charge in [-0.3, -0.25) is 4.79 Å². The summed E-state index contributed by atoms with van der Waals surface area (Å²) in [5.74, 6) is 1.19. The number of rotatable bonds is 5. The predicted octanol–water partition coefficient (Wildman–Crippen LogP) is 4.10. The Morgan fingerprint density at radius 2 is 1.88 bits per heavy atom. The minimum Gasteiger partial charge on any atom is -0.311 e. The Hall–Kier alpha value is -3.55. The Bertz CT molecular complexity index is 1280. The van der Waals surface area contributed by atoms with Gasteiger partial charge in [0.2, 0.25) is 5.91 Å². The van der Waals surface area contributed by atoms with E-state index in [-0.39, 0.29) is 11.3 Å². The third-order valence-corrected chi connectivity index (χ3v) is 5.50. The Balaban J connectivity index is 1.56. The van der Waals surface area contributed by atoms with Crippen molar-refractivity contribution in [3.63, 3.8) is 0 Å². The van der Waals surface area contributed by atoms with E-state index in [4.69, 9.17) is 5.10 Å². The zero-order chi connectivity index (χ0) is 23.0. The molecule has 0 saturated carbocycles. The summed E-state index contributed by atoms with van der Waals surface area (Å²) < 4.78 is 3.54. The molecule has 0 bridgehead atoms. The first-order valence-electron chi connectivity index (χ1n) is 10.8. The Morgan fingerprint density at radius 3 is 2.56 bits per heavy atom. The molecule has 0 atom stereocenters. The number of pyridine rings is 1. The van der Waals surface area contributed by atoms with Gasteiger partial charge in [0.25, 0.3) is 0 Å². The maximum Gasteiger partial charge on any atom is 0.225 e. The fourth-order valence-electron chi connectivity index (χ4n) is 3.74. The summed E-state index contributed by atoms with van der Waals surface area (Å²) >= 11 is 0. The zero-order valence-corrected chi connectivity index (χ0v) is 19.5. The lowest BCUT2D eigenvalue weighted by molar-refractivity contribution is -0.116. The molecule has 0 aromatic carbocycles. The molecule has 0 saturated heterocycles. The molecule has 4 aromatic heterocycles. The van der Waals surface area contributed by atoms with Crippen molar-refractivity contribution in [2.24, 2.45) is 0 Å². The van der Waals surface area contributed by atoms with E-state index >= 15 is 0 Å². The molecule has 8 heteroatoms. The molecule has 0 aliphatic carbocycles. The molecule has 0 aliphatic rings. The first-order chi connectivity index (χ1) is 15.1. The SMILES string of the molecule is Cc1cc2nc(C)c(CCC(=O)Nc3cc(C(C)(C)C)nn3-c3ccccn3)c(C)n2n1. The van der Waals surface area contributed by atoms with Gasteiger partial charge in [-0.15, -0.1) is 0 Å². The van der Waals surface area contributed by atoms with Crippen molar-refractivity contribution in [3.05, 3.63) is 64.9 Å². The third-order valence-electron chi connectivity index (χ3n) is 5.50. The molecule has 32 heavy (non-hydrogen) atoms. The molecule has 0 unspecified atom stereocenters. The molecule has 166 valence electrons. The van der Waals surface area contributed by atoms with Gasteiger partial charge in [-0.2, -0.15) is 14.9 Å². The topological polar surface area (TPSA) is 90.0 Å². The molecule has 4 aromatic rings. The fourth-order valence-corrected chi connectivity index (χ4v) is 3.74. The number of carbonyl (C=O) groups excluding carboxylic acids is 1. The number of fused-ring (bicyclic) bond motifs is 1. The van der Waals surface area contributed by atoms with Crippen molar-refractivity contribution in [3.8, 4) is 5.82 Å². The predicted molar refractivity (Wildman–Crippen MR) is 124 cm³/mol. The van der Waals surface area contributed by atoms with Crippen LogP contribution >= 0.6 is 0 Å². The molecule has 4 heterocycles. The van der Waals surface area contributed by atoms with E-state index in [1.165, 1.54) is 0 Å². The number of aryl methyl sites for hydroxylation is 3. The third kappa shape index (κ3) is 4.26. The Labute approximate surface area is 187 Å². The summed E-state index contributed by atoms with van der Waals surface area (Å²) in [4.78, 5) is 21.9. The highest BCUT2D eigenvalue weighted by Crippen LogP contribution is 2.26. The fraction of sp³-hybridized carbons (Fsp3) is 0.375. The molecule has 8 nitrogen and oxygen atoms in total. The maximum absolute atomic E-state index is 12.9. The van der Waals surface area contributed by atoms with Crippen molar-refractivity contribution >= 4 is 17.4 Å². The van der Waals surface area contributed by atoms with Gasteiger partial charge in [-0.1, -0.05) is 26.8 Å². The normalized spacial score (nSPS) is 11.8. The van der Waals surface area contributed by atoms with Crippen LogP contribution in [0.3, 0.4) is 0 Å². The molecule has 4 rings (SSSR count). The van der Waals surface area contributed by atoms with Crippen LogP contribution in [0.25, 0.3) is 11.5 Å². The van der Waals surface area contributed by atoms with E-state index in [2.05, 4.69) is 41.2 Å². The number of anilines is 1. The van der Waals surface area contributed by atoms with Gasteiger partial charge < -0.3 is 5.32 Å². The minimum atomic E-state index is -0.156. The highest BCUT2D eigenvalue weighted by molar-refractivity contribution is 5.90. The van der Waals surface area contributed by atoms with Crippen molar-refractivity contribution < 1.29 is 4.79 Å². The summed E-state index contributed by atoms with van der Waals surface area (Å²) in [5, 5.41) is 12.3. The summed E-state index contributed by atoms with van der Waals surface area (Å²) in [6.07, 6.45) is 2.62. The largest absolute Gasteiger partial charge is 0.311 e. The number of carbonyl (C=O) groups is 1. The minimum absolute atomic E-state index is 0.0851. The molecule has 0 spiro atoms. The van der Waals surface area contributed by atoms with Gasteiger partial charge in [-0.25, -0.2) is 14.5 Å². The number of nitrogens with zero attached hydrogens (tertiary/aromatic N) is 6. The van der Waals surface area contributed by atoms with Gasteiger partial charge in [-0.05, 0) is 44.9 Å². The van der Waals surface area contributed by atoms with Crippen molar-refractivity contribution in [2.45, 2.75) is 59.8 Å². The average molecular weight is 432 g/mol.